The van der Waals surface area contributed by atoms with Crippen molar-refractivity contribution in [1.29, 1.82) is 0 Å². The van der Waals surface area contributed by atoms with Gasteiger partial charge in [-0.25, -0.2) is 13.6 Å². The number of carbonyl (C=O) groups excluding carboxylic acids is 2. The predicted octanol–water partition coefficient (Wildman–Crippen LogP) is 4.89. The SMILES string of the molecule is CC(=O)c1c(NC(=O)NCc2c(-n3cccc3)sc3c2CCNC3)sc2c1CCC(F)(F)C2. The van der Waals surface area contributed by atoms with E-state index in [2.05, 4.69) is 20.5 Å². The van der Waals surface area contributed by atoms with E-state index in [-0.39, 0.29) is 25.0 Å². The molecule has 6 nitrogen and oxygen atoms in total. The van der Waals surface area contributed by atoms with Crippen molar-refractivity contribution in [1.82, 2.24) is 15.2 Å². The van der Waals surface area contributed by atoms with E-state index in [1.54, 1.807) is 11.3 Å². The highest BCUT2D eigenvalue weighted by Gasteiger charge is 2.38. The van der Waals surface area contributed by atoms with Crippen molar-refractivity contribution in [3.63, 3.8) is 0 Å². The summed E-state index contributed by atoms with van der Waals surface area (Å²) in [7, 11) is 0. The number of nitrogens with zero attached hydrogens (tertiary/aromatic N) is 1. The molecule has 3 aromatic rings. The second-order valence-electron chi connectivity index (χ2n) is 8.41. The number of halogens is 2. The Labute approximate surface area is 198 Å². The monoisotopic (exact) mass is 490 g/mol. The first-order valence-corrected chi connectivity index (χ1v) is 12.5. The molecule has 0 aromatic carbocycles. The van der Waals surface area contributed by atoms with Gasteiger partial charge in [-0.3, -0.25) is 10.1 Å². The molecule has 2 amide bonds. The maximum absolute atomic E-state index is 13.9. The van der Waals surface area contributed by atoms with Crippen LogP contribution in [0.2, 0.25) is 0 Å². The van der Waals surface area contributed by atoms with Gasteiger partial charge in [0.25, 0.3) is 5.92 Å². The summed E-state index contributed by atoms with van der Waals surface area (Å²) in [5.74, 6) is -2.99. The number of rotatable bonds is 5. The lowest BCUT2D eigenvalue weighted by Gasteiger charge is -2.21. The van der Waals surface area contributed by atoms with Crippen LogP contribution in [0.25, 0.3) is 5.00 Å². The quantitative estimate of drug-likeness (QED) is 0.446. The van der Waals surface area contributed by atoms with Crippen LogP contribution in [-0.4, -0.2) is 28.8 Å². The summed E-state index contributed by atoms with van der Waals surface area (Å²) in [6.07, 6.45) is 4.35. The number of nitrogens with one attached hydrogen (secondary N) is 3. The van der Waals surface area contributed by atoms with Crippen LogP contribution in [0.15, 0.2) is 24.5 Å². The number of urea groups is 1. The molecule has 1 aliphatic carbocycles. The van der Waals surface area contributed by atoms with Gasteiger partial charge < -0.3 is 15.2 Å². The number of fused-ring (bicyclic) bond motifs is 2. The molecule has 3 aromatic heterocycles. The van der Waals surface area contributed by atoms with Crippen LogP contribution in [0.3, 0.4) is 0 Å². The molecule has 0 bridgehead atoms. The van der Waals surface area contributed by atoms with Crippen molar-refractivity contribution < 1.29 is 18.4 Å². The molecule has 2 aliphatic rings. The van der Waals surface area contributed by atoms with Crippen LogP contribution in [0.1, 0.15) is 50.1 Å². The number of aromatic nitrogens is 1. The van der Waals surface area contributed by atoms with Gasteiger partial charge in [0.2, 0.25) is 0 Å². The van der Waals surface area contributed by atoms with Gasteiger partial charge in [-0.1, -0.05) is 0 Å². The Morgan fingerprint density at radius 3 is 2.70 bits per heavy atom. The second-order valence-corrected chi connectivity index (χ2v) is 10.6. The van der Waals surface area contributed by atoms with Crippen LogP contribution in [0.4, 0.5) is 18.6 Å². The number of ketones is 1. The average Bonchev–Trinajstić information content (AvgIpc) is 3.48. The lowest BCUT2D eigenvalue weighted by atomic mass is 9.92. The minimum atomic E-state index is -2.77. The lowest BCUT2D eigenvalue weighted by molar-refractivity contribution is -0.0112. The van der Waals surface area contributed by atoms with E-state index in [1.807, 2.05) is 24.5 Å². The molecule has 0 fully saturated rings. The average molecular weight is 491 g/mol. The third-order valence-corrected chi connectivity index (χ3v) is 8.55. The predicted molar refractivity (Wildman–Crippen MR) is 126 cm³/mol. The largest absolute Gasteiger partial charge is 0.334 e. The zero-order valence-corrected chi connectivity index (χ0v) is 19.7. The highest BCUT2D eigenvalue weighted by molar-refractivity contribution is 7.17. The van der Waals surface area contributed by atoms with Gasteiger partial charge in [0.05, 0.1) is 5.56 Å². The third-order valence-electron chi connectivity index (χ3n) is 6.11. The third kappa shape index (κ3) is 4.34. The van der Waals surface area contributed by atoms with Crippen molar-refractivity contribution in [2.75, 3.05) is 11.9 Å². The van der Waals surface area contributed by atoms with Crippen molar-refractivity contribution in [2.24, 2.45) is 0 Å². The van der Waals surface area contributed by atoms with E-state index < -0.39 is 12.0 Å². The summed E-state index contributed by atoms with van der Waals surface area (Å²) in [5, 5.41) is 10.5. The first-order valence-electron chi connectivity index (χ1n) is 10.9. The van der Waals surface area contributed by atoms with Crippen molar-refractivity contribution in [2.45, 2.75) is 51.6 Å². The first-order chi connectivity index (χ1) is 15.8. The maximum Gasteiger partial charge on any atom is 0.320 e. The van der Waals surface area contributed by atoms with E-state index in [4.69, 9.17) is 0 Å². The van der Waals surface area contributed by atoms with Crippen LogP contribution in [0, 0.1) is 0 Å². The number of anilines is 1. The number of hydrogen-bond donors (Lipinski definition) is 3. The van der Waals surface area contributed by atoms with Crippen LogP contribution in [-0.2, 0) is 32.4 Å². The fourth-order valence-electron chi connectivity index (χ4n) is 4.57. The molecule has 33 heavy (non-hydrogen) atoms. The molecule has 10 heteroatoms. The zero-order chi connectivity index (χ0) is 23.2. The number of alkyl halides is 2. The zero-order valence-electron chi connectivity index (χ0n) is 18.1. The fourth-order valence-corrected chi connectivity index (χ4v) is 7.25. The number of Topliss-reactive ketones (excluding diaryl/α,β-unsaturated/α-hetero) is 1. The Bertz CT molecular complexity index is 1210. The molecular formula is C23H24F2N4O2S2. The summed E-state index contributed by atoms with van der Waals surface area (Å²) in [6, 6.07) is 3.48. The topological polar surface area (TPSA) is 75.2 Å². The van der Waals surface area contributed by atoms with Crippen molar-refractivity contribution >= 4 is 39.5 Å². The van der Waals surface area contributed by atoms with E-state index in [1.165, 1.54) is 17.4 Å². The number of hydrogen-bond acceptors (Lipinski definition) is 5. The highest BCUT2D eigenvalue weighted by atomic mass is 32.1. The van der Waals surface area contributed by atoms with Crippen LogP contribution >= 0.6 is 22.7 Å². The van der Waals surface area contributed by atoms with Gasteiger partial charge in [-0.15, -0.1) is 22.7 Å². The van der Waals surface area contributed by atoms with E-state index in [0.717, 1.165) is 41.4 Å². The summed E-state index contributed by atoms with van der Waals surface area (Å²) in [4.78, 5) is 26.8. The Kier molecular flexibility index (Phi) is 5.84. The van der Waals surface area contributed by atoms with E-state index in [0.29, 0.717) is 27.5 Å². The fraction of sp³-hybridized carbons (Fsp3) is 0.391. The second kappa shape index (κ2) is 8.66. The first kappa shape index (κ1) is 22.2. The lowest BCUT2D eigenvalue weighted by Crippen LogP contribution is -2.30. The summed E-state index contributed by atoms with van der Waals surface area (Å²) < 4.78 is 29.8. The summed E-state index contributed by atoms with van der Waals surface area (Å²) >= 11 is 2.80. The minimum absolute atomic E-state index is 0.145. The van der Waals surface area contributed by atoms with Gasteiger partial charge in [0.15, 0.2) is 5.78 Å². The Balaban J connectivity index is 1.36. The van der Waals surface area contributed by atoms with Gasteiger partial charge in [-0.2, -0.15) is 0 Å². The van der Waals surface area contributed by atoms with Crippen LogP contribution in [0.5, 0.6) is 0 Å². The number of carbonyl (C=O) groups is 2. The molecule has 174 valence electrons. The standard InChI is InChI=1S/C23H24F2N4O2S2/c1-13(30)19-15-4-6-23(24,25)10-17(15)32-20(19)28-22(31)27-11-16-14-5-7-26-12-18(14)33-21(16)29-8-2-3-9-29/h2-3,8-9,26H,4-7,10-12H2,1H3,(H2,27,28,31). The molecule has 5 rings (SSSR count). The normalized spacial score (nSPS) is 16.7. The number of amides is 2. The van der Waals surface area contributed by atoms with Gasteiger partial charge in [-0.05, 0) is 49.6 Å². The Morgan fingerprint density at radius 2 is 1.94 bits per heavy atom. The summed E-state index contributed by atoms with van der Waals surface area (Å²) in [6.45, 7) is 3.45. The molecule has 0 saturated heterocycles. The smallest absolute Gasteiger partial charge is 0.320 e. The van der Waals surface area contributed by atoms with E-state index in [9.17, 15) is 18.4 Å². The van der Waals surface area contributed by atoms with Crippen molar-refractivity contribution in [3.05, 3.63) is 56.5 Å². The van der Waals surface area contributed by atoms with Crippen molar-refractivity contribution in [3.8, 4) is 5.00 Å². The summed E-state index contributed by atoms with van der Waals surface area (Å²) in [5.41, 5.74) is 3.37. The molecule has 3 N–H and O–H groups in total. The molecule has 0 atom stereocenters. The van der Waals surface area contributed by atoms with E-state index >= 15 is 0 Å². The molecule has 0 saturated carbocycles. The minimum Gasteiger partial charge on any atom is -0.334 e. The molecule has 0 radical (unpaired) electrons. The Morgan fingerprint density at radius 1 is 1.15 bits per heavy atom. The van der Waals surface area contributed by atoms with Gasteiger partial charge in [0.1, 0.15) is 10.0 Å². The molecule has 1 aliphatic heterocycles. The molecule has 0 spiro atoms. The van der Waals surface area contributed by atoms with Crippen LogP contribution < -0.4 is 16.0 Å². The van der Waals surface area contributed by atoms with Gasteiger partial charge >= 0.3 is 6.03 Å². The van der Waals surface area contributed by atoms with Gasteiger partial charge in [0, 0.05) is 53.6 Å². The Hall–Kier alpha value is -2.56. The maximum atomic E-state index is 13.9. The number of thiophene rings is 2. The highest BCUT2D eigenvalue weighted by Crippen LogP contribution is 2.43. The molecular weight excluding hydrogens is 466 g/mol. The molecule has 0 unspecified atom stereocenters. The molecule has 4 heterocycles.